The molecule has 21 heavy (non-hydrogen) atoms. The molecule has 0 spiro atoms. The second kappa shape index (κ2) is 5.52. The van der Waals surface area contributed by atoms with Gasteiger partial charge in [-0.2, -0.15) is 0 Å². The van der Waals surface area contributed by atoms with Crippen molar-refractivity contribution in [2.75, 3.05) is 11.1 Å². The number of nitrogens with two attached hydrogens (primary N) is 1. The Bertz CT molecular complexity index is 671. The minimum atomic E-state index is -0.179. The lowest BCUT2D eigenvalue weighted by atomic mass is 9.98. The van der Waals surface area contributed by atoms with Gasteiger partial charge in [-0.05, 0) is 33.3 Å². The molecule has 0 aliphatic carbocycles. The normalized spacial score (nSPS) is 11.2. The minimum Gasteiger partial charge on any atom is -0.383 e. The van der Waals surface area contributed by atoms with Crippen LogP contribution in [-0.4, -0.2) is 21.2 Å². The van der Waals surface area contributed by atoms with Crippen LogP contribution in [0.15, 0.2) is 30.6 Å². The van der Waals surface area contributed by atoms with Gasteiger partial charge < -0.3 is 11.1 Å². The molecule has 0 amide bonds. The molecule has 5 nitrogen and oxygen atoms in total. The predicted octanol–water partition coefficient (Wildman–Crippen LogP) is 2.99. The average molecular weight is 283 g/mol. The number of hydrogen-bond donors (Lipinski definition) is 3. The van der Waals surface area contributed by atoms with Crippen LogP contribution in [-0.2, 0) is 0 Å². The zero-order valence-corrected chi connectivity index (χ0v) is 12.9. The molecule has 0 fully saturated rings. The van der Waals surface area contributed by atoms with E-state index in [-0.39, 0.29) is 5.54 Å². The van der Waals surface area contributed by atoms with Crippen LogP contribution < -0.4 is 11.1 Å². The Kier molecular flexibility index (Phi) is 3.93. The van der Waals surface area contributed by atoms with Crippen molar-refractivity contribution in [3.8, 4) is 0 Å². The molecule has 0 radical (unpaired) electrons. The standard InChI is InChI=1S/C16H21N5/c1-10-7-5-6-8-11(10)13(17)12-14(18)19-9-20-15(12)21-16(2,3)4/h5-9,17H,1-4H3,(H3,18,19,20,21). The van der Waals surface area contributed by atoms with E-state index in [1.165, 1.54) is 6.33 Å². The molecule has 5 heteroatoms. The van der Waals surface area contributed by atoms with E-state index in [2.05, 4.69) is 15.3 Å². The summed E-state index contributed by atoms with van der Waals surface area (Å²) in [5.74, 6) is 0.897. The Morgan fingerprint density at radius 3 is 2.48 bits per heavy atom. The largest absolute Gasteiger partial charge is 0.383 e. The summed E-state index contributed by atoms with van der Waals surface area (Å²) in [6.45, 7) is 8.08. The van der Waals surface area contributed by atoms with Crippen molar-refractivity contribution in [2.45, 2.75) is 33.2 Å². The van der Waals surface area contributed by atoms with E-state index < -0.39 is 0 Å². The van der Waals surface area contributed by atoms with Crippen LogP contribution in [0.4, 0.5) is 11.6 Å². The molecule has 0 aliphatic heterocycles. The summed E-state index contributed by atoms with van der Waals surface area (Å²) in [7, 11) is 0. The van der Waals surface area contributed by atoms with Crippen molar-refractivity contribution >= 4 is 17.3 Å². The van der Waals surface area contributed by atoms with E-state index in [0.29, 0.717) is 22.9 Å². The summed E-state index contributed by atoms with van der Waals surface area (Å²) in [6, 6.07) is 7.74. The first-order valence-electron chi connectivity index (χ1n) is 6.83. The maximum Gasteiger partial charge on any atom is 0.141 e. The number of nitrogens with zero attached hydrogens (tertiary/aromatic N) is 2. The molecule has 2 rings (SSSR count). The smallest absolute Gasteiger partial charge is 0.141 e. The van der Waals surface area contributed by atoms with E-state index in [1.54, 1.807) is 0 Å². The monoisotopic (exact) mass is 283 g/mol. The van der Waals surface area contributed by atoms with Gasteiger partial charge in [0.1, 0.15) is 18.0 Å². The number of nitrogen functional groups attached to an aromatic ring is 1. The maximum absolute atomic E-state index is 8.50. The van der Waals surface area contributed by atoms with Crippen LogP contribution >= 0.6 is 0 Å². The van der Waals surface area contributed by atoms with Crippen molar-refractivity contribution < 1.29 is 0 Å². The molecule has 0 atom stereocenters. The van der Waals surface area contributed by atoms with Crippen molar-refractivity contribution in [1.82, 2.24) is 9.97 Å². The Labute approximate surface area is 125 Å². The van der Waals surface area contributed by atoms with Crippen LogP contribution in [0.1, 0.15) is 37.5 Å². The van der Waals surface area contributed by atoms with Crippen LogP contribution in [0, 0.1) is 12.3 Å². The molecule has 0 saturated heterocycles. The summed E-state index contributed by atoms with van der Waals surface area (Å²) in [5.41, 5.74) is 8.54. The zero-order chi connectivity index (χ0) is 15.6. The SMILES string of the molecule is Cc1ccccc1C(=N)c1c(N)ncnc1NC(C)(C)C. The number of hydrogen-bond acceptors (Lipinski definition) is 5. The van der Waals surface area contributed by atoms with Gasteiger partial charge in [-0.25, -0.2) is 9.97 Å². The van der Waals surface area contributed by atoms with Crippen molar-refractivity contribution in [3.63, 3.8) is 0 Å². The fourth-order valence-corrected chi connectivity index (χ4v) is 2.08. The summed E-state index contributed by atoms with van der Waals surface area (Å²) in [5, 5.41) is 11.8. The highest BCUT2D eigenvalue weighted by atomic mass is 15.1. The maximum atomic E-state index is 8.50. The topological polar surface area (TPSA) is 87.7 Å². The van der Waals surface area contributed by atoms with Gasteiger partial charge in [0.05, 0.1) is 11.3 Å². The first kappa shape index (κ1) is 15.0. The number of benzene rings is 1. The van der Waals surface area contributed by atoms with Gasteiger partial charge in [0.15, 0.2) is 0 Å². The number of rotatable bonds is 3. The quantitative estimate of drug-likeness (QED) is 0.756. The fraction of sp³-hybridized carbons (Fsp3) is 0.312. The average Bonchev–Trinajstić information content (AvgIpc) is 2.37. The molecule has 0 aliphatic rings. The lowest BCUT2D eigenvalue weighted by Gasteiger charge is -2.23. The molecule has 1 aromatic carbocycles. The molecule has 4 N–H and O–H groups in total. The van der Waals surface area contributed by atoms with E-state index >= 15 is 0 Å². The molecule has 2 aromatic rings. The summed E-state index contributed by atoms with van der Waals surface area (Å²) >= 11 is 0. The summed E-state index contributed by atoms with van der Waals surface area (Å²) < 4.78 is 0. The van der Waals surface area contributed by atoms with Crippen molar-refractivity contribution in [1.29, 1.82) is 5.41 Å². The molecule has 110 valence electrons. The van der Waals surface area contributed by atoms with E-state index in [9.17, 15) is 0 Å². The molecule has 1 heterocycles. The first-order chi connectivity index (χ1) is 9.79. The highest BCUT2D eigenvalue weighted by Crippen LogP contribution is 2.25. The van der Waals surface area contributed by atoms with E-state index in [4.69, 9.17) is 11.1 Å². The highest BCUT2D eigenvalue weighted by molar-refractivity contribution is 6.16. The van der Waals surface area contributed by atoms with Crippen LogP contribution in [0.2, 0.25) is 0 Å². The van der Waals surface area contributed by atoms with Gasteiger partial charge in [-0.3, -0.25) is 5.41 Å². The Morgan fingerprint density at radius 1 is 1.19 bits per heavy atom. The Hall–Kier alpha value is -2.43. The summed E-state index contributed by atoms with van der Waals surface area (Å²) in [4.78, 5) is 8.29. The second-order valence-electron chi connectivity index (χ2n) is 6.05. The number of anilines is 2. The molecular formula is C16H21N5. The van der Waals surface area contributed by atoms with E-state index in [0.717, 1.165) is 11.1 Å². The molecular weight excluding hydrogens is 262 g/mol. The van der Waals surface area contributed by atoms with Gasteiger partial charge in [0.2, 0.25) is 0 Å². The van der Waals surface area contributed by atoms with Crippen molar-refractivity contribution in [3.05, 3.63) is 47.3 Å². The van der Waals surface area contributed by atoms with Crippen LogP contribution in [0.5, 0.6) is 0 Å². The summed E-state index contributed by atoms with van der Waals surface area (Å²) in [6.07, 6.45) is 1.41. The number of aromatic nitrogens is 2. The lowest BCUT2D eigenvalue weighted by molar-refractivity contribution is 0.630. The van der Waals surface area contributed by atoms with Crippen LogP contribution in [0.25, 0.3) is 0 Å². The van der Waals surface area contributed by atoms with Gasteiger partial charge >= 0.3 is 0 Å². The van der Waals surface area contributed by atoms with E-state index in [1.807, 2.05) is 52.0 Å². The Balaban J connectivity index is 2.53. The third-order valence-electron chi connectivity index (χ3n) is 3.03. The Morgan fingerprint density at radius 2 is 1.86 bits per heavy atom. The lowest BCUT2D eigenvalue weighted by Crippen LogP contribution is -2.28. The minimum absolute atomic E-state index is 0.179. The molecule has 0 unspecified atom stereocenters. The van der Waals surface area contributed by atoms with Gasteiger partial charge in [0.25, 0.3) is 0 Å². The third-order valence-corrected chi connectivity index (χ3v) is 3.03. The highest BCUT2D eigenvalue weighted by Gasteiger charge is 2.20. The van der Waals surface area contributed by atoms with Crippen LogP contribution in [0.3, 0.4) is 0 Å². The van der Waals surface area contributed by atoms with Gasteiger partial charge in [-0.15, -0.1) is 0 Å². The number of nitrogens with one attached hydrogen (secondary N) is 2. The second-order valence-corrected chi connectivity index (χ2v) is 6.05. The van der Waals surface area contributed by atoms with Gasteiger partial charge in [0, 0.05) is 11.1 Å². The third kappa shape index (κ3) is 3.37. The zero-order valence-electron chi connectivity index (χ0n) is 12.9. The number of aryl methyl sites for hydroxylation is 1. The fourth-order valence-electron chi connectivity index (χ4n) is 2.08. The molecule has 0 bridgehead atoms. The predicted molar refractivity (Wildman–Crippen MR) is 86.9 cm³/mol. The van der Waals surface area contributed by atoms with Gasteiger partial charge in [-0.1, -0.05) is 24.3 Å². The van der Waals surface area contributed by atoms with Crippen molar-refractivity contribution in [2.24, 2.45) is 0 Å². The molecule has 0 saturated carbocycles. The first-order valence-corrected chi connectivity index (χ1v) is 6.83. The molecule has 1 aromatic heterocycles.